The van der Waals surface area contributed by atoms with E-state index in [1.165, 1.54) is 0 Å². The largest absolute Gasteiger partial charge is 0.341 e. The van der Waals surface area contributed by atoms with Crippen molar-refractivity contribution in [1.29, 1.82) is 0 Å². The van der Waals surface area contributed by atoms with Gasteiger partial charge in [0.2, 0.25) is 11.8 Å². The Balaban J connectivity index is 1.96. The van der Waals surface area contributed by atoms with Gasteiger partial charge in [-0.3, -0.25) is 9.59 Å². The van der Waals surface area contributed by atoms with Crippen molar-refractivity contribution in [3.63, 3.8) is 0 Å². The minimum absolute atomic E-state index is 0.103. The number of rotatable bonds is 3. The van der Waals surface area contributed by atoms with Crippen molar-refractivity contribution in [2.24, 2.45) is 11.7 Å². The van der Waals surface area contributed by atoms with Crippen molar-refractivity contribution >= 4 is 33.6 Å². The highest BCUT2D eigenvalue weighted by Crippen LogP contribution is 2.19. The lowest BCUT2D eigenvalue weighted by atomic mass is 9.96. The van der Waals surface area contributed by atoms with Crippen molar-refractivity contribution in [3.8, 4) is 0 Å². The molecule has 0 radical (unpaired) electrons. The summed E-state index contributed by atoms with van der Waals surface area (Å²) in [4.78, 5) is 30.0. The van der Waals surface area contributed by atoms with Crippen LogP contribution in [0.3, 0.4) is 0 Å². The summed E-state index contributed by atoms with van der Waals surface area (Å²) in [6, 6.07) is 3.02. The molecule has 2 amide bonds. The van der Waals surface area contributed by atoms with E-state index in [9.17, 15) is 9.59 Å². The molecule has 1 fully saturated rings. The number of carbonyl (C=O) groups is 2. The molecule has 6 nitrogen and oxygen atoms in total. The van der Waals surface area contributed by atoms with Crippen LogP contribution < -0.4 is 11.1 Å². The molecule has 7 heteroatoms. The number of carbonyl (C=O) groups excluding carboxylic acids is 2. The summed E-state index contributed by atoms with van der Waals surface area (Å²) in [6.07, 6.45) is 3.21. The van der Waals surface area contributed by atoms with Gasteiger partial charge in [0.05, 0.1) is 12.0 Å². The van der Waals surface area contributed by atoms with Crippen LogP contribution in [0, 0.1) is 5.92 Å². The number of anilines is 1. The summed E-state index contributed by atoms with van der Waals surface area (Å²) in [5.41, 5.74) is 5.62. The van der Waals surface area contributed by atoms with E-state index in [-0.39, 0.29) is 17.7 Å². The van der Waals surface area contributed by atoms with Gasteiger partial charge in [-0.2, -0.15) is 0 Å². The van der Waals surface area contributed by atoms with Crippen LogP contribution in [0.2, 0.25) is 0 Å². The Kier molecular flexibility index (Phi) is 5.30. The molecule has 0 spiro atoms. The van der Waals surface area contributed by atoms with Crippen LogP contribution >= 0.6 is 15.9 Å². The van der Waals surface area contributed by atoms with Gasteiger partial charge in [0.1, 0.15) is 5.82 Å². The Labute approximate surface area is 132 Å². The first-order valence-electron chi connectivity index (χ1n) is 6.94. The molecule has 21 heavy (non-hydrogen) atoms. The maximum Gasteiger partial charge on any atom is 0.239 e. The van der Waals surface area contributed by atoms with Gasteiger partial charge in [-0.15, -0.1) is 0 Å². The molecule has 1 unspecified atom stereocenters. The molecule has 2 heterocycles. The normalized spacial score (nSPS) is 20.0. The molecular formula is C14H19BrN4O2. The number of nitrogens with zero attached hydrogens (tertiary/aromatic N) is 2. The van der Waals surface area contributed by atoms with Gasteiger partial charge < -0.3 is 16.0 Å². The lowest BCUT2D eigenvalue weighted by Gasteiger charge is -2.33. The summed E-state index contributed by atoms with van der Waals surface area (Å²) in [7, 11) is 0. The molecule has 2 atom stereocenters. The van der Waals surface area contributed by atoms with Crippen molar-refractivity contribution in [1.82, 2.24) is 9.88 Å². The van der Waals surface area contributed by atoms with Gasteiger partial charge in [0.25, 0.3) is 0 Å². The van der Waals surface area contributed by atoms with Gasteiger partial charge in [0, 0.05) is 23.8 Å². The zero-order valence-corrected chi connectivity index (χ0v) is 13.5. The summed E-state index contributed by atoms with van der Waals surface area (Å²) >= 11 is 3.29. The lowest BCUT2D eigenvalue weighted by molar-refractivity contribution is -0.135. The molecule has 0 saturated carbocycles. The highest BCUT2D eigenvalue weighted by Gasteiger charge is 2.29. The second-order valence-corrected chi connectivity index (χ2v) is 6.18. The first kappa shape index (κ1) is 15.9. The van der Waals surface area contributed by atoms with Crippen molar-refractivity contribution in [2.45, 2.75) is 25.8 Å². The Morgan fingerprint density at radius 2 is 2.29 bits per heavy atom. The van der Waals surface area contributed by atoms with Crippen LogP contribution in [-0.4, -0.2) is 40.8 Å². The first-order chi connectivity index (χ1) is 9.97. The summed E-state index contributed by atoms with van der Waals surface area (Å²) in [6.45, 7) is 2.75. The van der Waals surface area contributed by atoms with Gasteiger partial charge in [-0.1, -0.05) is 0 Å². The Bertz CT molecular complexity index is 518. The van der Waals surface area contributed by atoms with Gasteiger partial charge in [-0.05, 0) is 47.8 Å². The third-order valence-electron chi connectivity index (χ3n) is 3.47. The quantitative estimate of drug-likeness (QED) is 0.857. The van der Waals surface area contributed by atoms with Gasteiger partial charge >= 0.3 is 0 Å². The fraction of sp³-hybridized carbons (Fsp3) is 0.500. The third-order valence-corrected chi connectivity index (χ3v) is 3.94. The van der Waals surface area contributed by atoms with Crippen molar-refractivity contribution < 1.29 is 9.59 Å². The van der Waals surface area contributed by atoms with E-state index in [4.69, 9.17) is 5.73 Å². The Morgan fingerprint density at radius 3 is 2.90 bits per heavy atom. The monoisotopic (exact) mass is 354 g/mol. The van der Waals surface area contributed by atoms with E-state index in [0.717, 1.165) is 17.3 Å². The smallest absolute Gasteiger partial charge is 0.239 e. The molecule has 2 rings (SSSR count). The number of nitrogens with two attached hydrogens (primary N) is 1. The number of hydrogen-bond acceptors (Lipinski definition) is 4. The maximum absolute atomic E-state index is 12.3. The van der Waals surface area contributed by atoms with Gasteiger partial charge in [0.15, 0.2) is 0 Å². The number of nitrogens with one attached hydrogen (secondary N) is 1. The third kappa shape index (κ3) is 4.25. The second-order valence-electron chi connectivity index (χ2n) is 5.26. The van der Waals surface area contributed by atoms with E-state index >= 15 is 0 Å². The van der Waals surface area contributed by atoms with E-state index in [0.29, 0.717) is 18.9 Å². The van der Waals surface area contributed by atoms with E-state index in [2.05, 4.69) is 26.2 Å². The van der Waals surface area contributed by atoms with E-state index in [1.807, 2.05) is 6.07 Å². The number of piperidine rings is 1. The van der Waals surface area contributed by atoms with E-state index < -0.39 is 6.04 Å². The van der Waals surface area contributed by atoms with Crippen LogP contribution in [0.1, 0.15) is 19.8 Å². The minimum Gasteiger partial charge on any atom is -0.341 e. The molecule has 1 aromatic rings. The summed E-state index contributed by atoms with van der Waals surface area (Å²) < 4.78 is 0.854. The predicted molar refractivity (Wildman–Crippen MR) is 83.5 cm³/mol. The fourth-order valence-electron chi connectivity index (χ4n) is 2.36. The molecule has 0 aliphatic carbocycles. The number of pyridine rings is 1. The highest BCUT2D eigenvalue weighted by atomic mass is 79.9. The molecule has 0 bridgehead atoms. The molecule has 114 valence electrons. The first-order valence-corrected chi connectivity index (χ1v) is 7.73. The van der Waals surface area contributed by atoms with Crippen LogP contribution in [0.15, 0.2) is 22.8 Å². The SMILES string of the molecule is C[C@@H](N)C(=O)N1CCCC(C(=O)Nc2ccc(Br)cn2)C1. The number of amides is 2. The highest BCUT2D eigenvalue weighted by molar-refractivity contribution is 9.10. The standard InChI is InChI=1S/C14H19BrN4O2/c1-9(16)14(21)19-6-2-3-10(8-19)13(20)18-12-5-4-11(15)7-17-12/h4-5,7,9-10H,2-3,6,8,16H2,1H3,(H,17,18,20)/t9-,10?/m1/s1. The molecule has 1 aromatic heterocycles. The molecule has 1 saturated heterocycles. The molecule has 0 aromatic carbocycles. The number of likely N-dealkylation sites (tertiary alicyclic amines) is 1. The zero-order chi connectivity index (χ0) is 15.4. The molecule has 3 N–H and O–H groups in total. The second kappa shape index (κ2) is 7.00. The average molecular weight is 355 g/mol. The Morgan fingerprint density at radius 1 is 1.52 bits per heavy atom. The topological polar surface area (TPSA) is 88.3 Å². The minimum atomic E-state index is -0.528. The Hall–Kier alpha value is -1.47. The molecule has 1 aliphatic rings. The average Bonchev–Trinajstić information content (AvgIpc) is 2.48. The zero-order valence-electron chi connectivity index (χ0n) is 11.9. The summed E-state index contributed by atoms with van der Waals surface area (Å²) in [5.74, 6) is 0.0898. The fourth-order valence-corrected chi connectivity index (χ4v) is 2.59. The number of hydrogen-bond donors (Lipinski definition) is 2. The molecular weight excluding hydrogens is 336 g/mol. The number of aromatic nitrogens is 1. The van der Waals surface area contributed by atoms with Crippen LogP contribution in [0.25, 0.3) is 0 Å². The molecule has 1 aliphatic heterocycles. The number of halogens is 1. The van der Waals surface area contributed by atoms with Crippen molar-refractivity contribution in [3.05, 3.63) is 22.8 Å². The maximum atomic E-state index is 12.3. The van der Waals surface area contributed by atoms with Crippen LogP contribution in [0.4, 0.5) is 5.82 Å². The predicted octanol–water partition coefficient (Wildman–Crippen LogP) is 1.37. The van der Waals surface area contributed by atoms with Crippen LogP contribution in [-0.2, 0) is 9.59 Å². The lowest BCUT2D eigenvalue weighted by Crippen LogP contribution is -2.48. The van der Waals surface area contributed by atoms with Crippen LogP contribution in [0.5, 0.6) is 0 Å². The van der Waals surface area contributed by atoms with Gasteiger partial charge in [-0.25, -0.2) is 4.98 Å². The summed E-state index contributed by atoms with van der Waals surface area (Å²) in [5, 5.41) is 2.79. The van der Waals surface area contributed by atoms with Crippen molar-refractivity contribution in [2.75, 3.05) is 18.4 Å². The van der Waals surface area contributed by atoms with E-state index in [1.54, 1.807) is 24.1 Å².